The summed E-state index contributed by atoms with van der Waals surface area (Å²) in [6, 6.07) is 6.44. The highest BCUT2D eigenvalue weighted by Gasteiger charge is 2.08. The summed E-state index contributed by atoms with van der Waals surface area (Å²) in [7, 11) is 1.72. The third-order valence-electron chi connectivity index (χ3n) is 3.63. The summed E-state index contributed by atoms with van der Waals surface area (Å²) >= 11 is 0. The second-order valence-electron chi connectivity index (χ2n) is 5.37. The first-order chi connectivity index (χ1) is 9.12. The van der Waals surface area contributed by atoms with Gasteiger partial charge in [-0.05, 0) is 36.6 Å². The van der Waals surface area contributed by atoms with Crippen LogP contribution in [0.25, 0.3) is 0 Å². The molecule has 0 aliphatic rings. The van der Waals surface area contributed by atoms with Crippen LogP contribution in [0.3, 0.4) is 0 Å². The van der Waals surface area contributed by atoms with Gasteiger partial charge in [-0.2, -0.15) is 0 Å². The number of methoxy groups -OCH3 is 1. The van der Waals surface area contributed by atoms with Crippen molar-refractivity contribution in [2.45, 2.75) is 39.7 Å². The molecule has 0 spiro atoms. The molecule has 1 rings (SSSR count). The molecule has 3 heteroatoms. The Hall–Kier alpha value is -1.06. The monoisotopic (exact) mass is 264 g/mol. The summed E-state index contributed by atoms with van der Waals surface area (Å²) in [5.41, 5.74) is 8.29. The molecule has 0 aliphatic heterocycles. The fourth-order valence-corrected chi connectivity index (χ4v) is 2.10. The number of nitrogens with one attached hydrogen (secondary N) is 1. The van der Waals surface area contributed by atoms with Crippen LogP contribution in [0.4, 0.5) is 0 Å². The van der Waals surface area contributed by atoms with Crippen molar-refractivity contribution >= 4 is 0 Å². The highest BCUT2D eigenvalue weighted by molar-refractivity contribution is 5.38. The summed E-state index contributed by atoms with van der Waals surface area (Å²) in [5, 5.41) is 3.48. The average molecular weight is 264 g/mol. The molecule has 0 aromatic heterocycles. The molecule has 1 aromatic rings. The number of nitrogens with two attached hydrogens (primary N) is 1. The maximum atomic E-state index is 5.72. The van der Waals surface area contributed by atoms with Crippen molar-refractivity contribution in [1.29, 1.82) is 0 Å². The fourth-order valence-electron chi connectivity index (χ4n) is 2.10. The van der Waals surface area contributed by atoms with Crippen LogP contribution >= 0.6 is 0 Å². The van der Waals surface area contributed by atoms with Gasteiger partial charge in [-0.15, -0.1) is 0 Å². The number of rotatable bonds is 8. The largest absolute Gasteiger partial charge is 0.496 e. The van der Waals surface area contributed by atoms with Crippen LogP contribution in [0.2, 0.25) is 0 Å². The zero-order valence-corrected chi connectivity index (χ0v) is 12.7. The Labute approximate surface area is 117 Å². The van der Waals surface area contributed by atoms with Gasteiger partial charge >= 0.3 is 0 Å². The Morgan fingerprint density at radius 3 is 2.58 bits per heavy atom. The molecule has 1 aromatic carbocycles. The van der Waals surface area contributed by atoms with E-state index in [-0.39, 0.29) is 0 Å². The van der Waals surface area contributed by atoms with Gasteiger partial charge in [-0.25, -0.2) is 0 Å². The molecule has 1 unspecified atom stereocenters. The Morgan fingerprint density at radius 2 is 2.05 bits per heavy atom. The van der Waals surface area contributed by atoms with E-state index in [2.05, 4.69) is 44.3 Å². The Kier molecular flexibility index (Phi) is 6.89. The van der Waals surface area contributed by atoms with Gasteiger partial charge in [0.1, 0.15) is 5.75 Å². The van der Waals surface area contributed by atoms with E-state index in [1.54, 1.807) is 7.11 Å². The molecule has 0 saturated carbocycles. The number of benzene rings is 1. The molecule has 0 heterocycles. The van der Waals surface area contributed by atoms with Gasteiger partial charge in [0.05, 0.1) is 7.11 Å². The summed E-state index contributed by atoms with van der Waals surface area (Å²) in [4.78, 5) is 0. The second kappa shape index (κ2) is 8.18. The van der Waals surface area contributed by atoms with E-state index in [0.29, 0.717) is 11.8 Å². The highest BCUT2D eigenvalue weighted by atomic mass is 16.5. The first-order valence-corrected chi connectivity index (χ1v) is 7.19. The molecule has 0 fully saturated rings. The number of ether oxygens (including phenoxy) is 1. The van der Waals surface area contributed by atoms with Crippen molar-refractivity contribution in [3.8, 4) is 5.75 Å². The Bertz CT molecular complexity index is 373. The SMILES string of the molecule is CCC(CN)CNCc1cc(C(C)C)ccc1OC. The predicted octanol–water partition coefficient (Wildman–Crippen LogP) is 2.89. The standard InChI is InChI=1S/C16H28N2O/c1-5-13(9-17)10-18-11-15-8-14(12(2)3)6-7-16(15)19-4/h6-8,12-13,18H,5,9-11,17H2,1-4H3. The normalized spacial score (nSPS) is 12.7. The molecule has 0 radical (unpaired) electrons. The maximum Gasteiger partial charge on any atom is 0.123 e. The summed E-state index contributed by atoms with van der Waals surface area (Å²) < 4.78 is 5.43. The van der Waals surface area contributed by atoms with E-state index in [9.17, 15) is 0 Å². The van der Waals surface area contributed by atoms with Gasteiger partial charge in [0.2, 0.25) is 0 Å². The average Bonchev–Trinajstić information content (AvgIpc) is 2.43. The molecule has 3 N–H and O–H groups in total. The number of hydrogen-bond acceptors (Lipinski definition) is 3. The molecule has 19 heavy (non-hydrogen) atoms. The minimum atomic E-state index is 0.539. The van der Waals surface area contributed by atoms with E-state index < -0.39 is 0 Å². The lowest BCUT2D eigenvalue weighted by atomic mass is 10.00. The molecule has 0 saturated heterocycles. The third-order valence-corrected chi connectivity index (χ3v) is 3.63. The van der Waals surface area contributed by atoms with E-state index in [4.69, 9.17) is 10.5 Å². The molecule has 0 bridgehead atoms. The van der Waals surface area contributed by atoms with Gasteiger partial charge < -0.3 is 15.8 Å². The molecule has 108 valence electrons. The Morgan fingerprint density at radius 1 is 1.32 bits per heavy atom. The molecular formula is C16H28N2O. The lowest BCUT2D eigenvalue weighted by Crippen LogP contribution is -2.27. The zero-order chi connectivity index (χ0) is 14.3. The second-order valence-corrected chi connectivity index (χ2v) is 5.37. The first kappa shape index (κ1) is 16.0. The van der Waals surface area contributed by atoms with E-state index in [1.807, 2.05) is 0 Å². The first-order valence-electron chi connectivity index (χ1n) is 7.19. The predicted molar refractivity (Wildman–Crippen MR) is 81.6 cm³/mol. The van der Waals surface area contributed by atoms with E-state index in [0.717, 1.165) is 31.8 Å². The van der Waals surface area contributed by atoms with Crippen molar-refractivity contribution in [3.63, 3.8) is 0 Å². The molecule has 3 nitrogen and oxygen atoms in total. The summed E-state index contributed by atoms with van der Waals surface area (Å²) in [5.74, 6) is 2.05. The summed E-state index contributed by atoms with van der Waals surface area (Å²) in [6.07, 6.45) is 1.12. The third kappa shape index (κ3) is 4.84. The van der Waals surface area contributed by atoms with Crippen LogP contribution in [-0.2, 0) is 6.54 Å². The maximum absolute atomic E-state index is 5.72. The van der Waals surface area contributed by atoms with Crippen molar-refractivity contribution in [2.24, 2.45) is 11.7 Å². The van der Waals surface area contributed by atoms with Gasteiger partial charge in [-0.3, -0.25) is 0 Å². The quantitative estimate of drug-likeness (QED) is 0.759. The minimum absolute atomic E-state index is 0.539. The number of hydrogen-bond donors (Lipinski definition) is 2. The fraction of sp³-hybridized carbons (Fsp3) is 0.625. The minimum Gasteiger partial charge on any atom is -0.496 e. The molecule has 0 aliphatic carbocycles. The van der Waals surface area contributed by atoms with Crippen LogP contribution in [0, 0.1) is 5.92 Å². The van der Waals surface area contributed by atoms with Crippen molar-refractivity contribution in [1.82, 2.24) is 5.32 Å². The molecule has 1 atom stereocenters. The van der Waals surface area contributed by atoms with E-state index >= 15 is 0 Å². The van der Waals surface area contributed by atoms with Crippen LogP contribution in [-0.4, -0.2) is 20.2 Å². The zero-order valence-electron chi connectivity index (χ0n) is 12.7. The van der Waals surface area contributed by atoms with E-state index in [1.165, 1.54) is 11.1 Å². The summed E-state index contributed by atoms with van der Waals surface area (Å²) in [6.45, 7) is 9.13. The van der Waals surface area contributed by atoms with Crippen LogP contribution in [0.5, 0.6) is 5.75 Å². The van der Waals surface area contributed by atoms with Crippen molar-refractivity contribution in [3.05, 3.63) is 29.3 Å². The Balaban J connectivity index is 2.67. The van der Waals surface area contributed by atoms with Gasteiger partial charge in [-0.1, -0.05) is 39.3 Å². The topological polar surface area (TPSA) is 47.3 Å². The van der Waals surface area contributed by atoms with Crippen LogP contribution in [0.1, 0.15) is 44.2 Å². The molecule has 0 amide bonds. The van der Waals surface area contributed by atoms with Crippen LogP contribution in [0.15, 0.2) is 18.2 Å². The van der Waals surface area contributed by atoms with Gasteiger partial charge in [0.15, 0.2) is 0 Å². The smallest absolute Gasteiger partial charge is 0.123 e. The van der Waals surface area contributed by atoms with Crippen molar-refractivity contribution < 1.29 is 4.74 Å². The van der Waals surface area contributed by atoms with Gasteiger partial charge in [0, 0.05) is 12.1 Å². The lowest BCUT2D eigenvalue weighted by molar-refractivity contribution is 0.404. The van der Waals surface area contributed by atoms with Gasteiger partial charge in [0.25, 0.3) is 0 Å². The van der Waals surface area contributed by atoms with Crippen molar-refractivity contribution in [2.75, 3.05) is 20.2 Å². The highest BCUT2D eigenvalue weighted by Crippen LogP contribution is 2.24. The molecular weight excluding hydrogens is 236 g/mol. The van der Waals surface area contributed by atoms with Crippen LogP contribution < -0.4 is 15.8 Å². The lowest BCUT2D eigenvalue weighted by Gasteiger charge is -2.16.